The molecule has 3 rings (SSSR count). The Balaban J connectivity index is 1.70. The van der Waals surface area contributed by atoms with Crippen LogP contribution in [0.4, 0.5) is 5.69 Å². The largest absolute Gasteiger partial charge is 0.371 e. The molecule has 2 heterocycles. The molecule has 1 atom stereocenters. The van der Waals surface area contributed by atoms with E-state index < -0.39 is 0 Å². The Morgan fingerprint density at radius 2 is 2.26 bits per heavy atom. The summed E-state index contributed by atoms with van der Waals surface area (Å²) in [4.78, 5) is 6.88. The van der Waals surface area contributed by atoms with Gasteiger partial charge in [-0.05, 0) is 37.7 Å². The van der Waals surface area contributed by atoms with E-state index in [4.69, 9.17) is 0 Å². The molecule has 3 nitrogen and oxygen atoms in total. The highest BCUT2D eigenvalue weighted by Crippen LogP contribution is 2.28. The number of nitrogens with one attached hydrogen (secondary N) is 1. The maximum absolute atomic E-state index is 4.31. The highest BCUT2D eigenvalue weighted by Gasteiger charge is 2.23. The quantitative estimate of drug-likeness (QED) is 0.881. The van der Waals surface area contributed by atoms with Crippen LogP contribution in [0, 0.1) is 5.92 Å². The predicted octanol–water partition coefficient (Wildman–Crippen LogP) is 2.96. The Morgan fingerprint density at radius 3 is 3.05 bits per heavy atom. The third-order valence-corrected chi connectivity index (χ3v) is 4.47. The molecule has 1 saturated heterocycles. The van der Waals surface area contributed by atoms with Gasteiger partial charge in [0.1, 0.15) is 0 Å². The molecule has 104 valence electrons. The van der Waals surface area contributed by atoms with Crippen molar-refractivity contribution in [1.82, 2.24) is 10.3 Å². The molecule has 1 N–H and O–H groups in total. The number of hydrogen-bond acceptors (Lipinski definition) is 3. The van der Waals surface area contributed by atoms with Crippen LogP contribution in [0.2, 0.25) is 0 Å². The first-order valence-corrected chi connectivity index (χ1v) is 7.78. The maximum Gasteiger partial charge on any atom is 0.0442 e. The highest BCUT2D eigenvalue weighted by molar-refractivity contribution is 5.52. The van der Waals surface area contributed by atoms with Gasteiger partial charge in [0.15, 0.2) is 0 Å². The average Bonchev–Trinajstić information content (AvgIpc) is 3.30. The average molecular weight is 259 g/mol. The van der Waals surface area contributed by atoms with Gasteiger partial charge in [-0.1, -0.05) is 13.3 Å². The smallest absolute Gasteiger partial charge is 0.0442 e. The SMILES string of the molecule is CCC1CCCN(c2ccncc2CNC2CC2)C1. The highest BCUT2D eigenvalue weighted by atomic mass is 15.1. The van der Waals surface area contributed by atoms with Crippen LogP contribution in [0.15, 0.2) is 18.5 Å². The lowest BCUT2D eigenvalue weighted by molar-refractivity contribution is 0.404. The van der Waals surface area contributed by atoms with Crippen LogP contribution >= 0.6 is 0 Å². The Bertz CT molecular complexity index is 414. The third-order valence-electron chi connectivity index (χ3n) is 4.47. The molecule has 1 aliphatic heterocycles. The van der Waals surface area contributed by atoms with E-state index in [1.54, 1.807) is 0 Å². The van der Waals surface area contributed by atoms with Crippen molar-refractivity contribution in [1.29, 1.82) is 0 Å². The van der Waals surface area contributed by atoms with E-state index in [0.29, 0.717) is 0 Å². The van der Waals surface area contributed by atoms with Crippen molar-refractivity contribution in [2.75, 3.05) is 18.0 Å². The number of nitrogens with zero attached hydrogens (tertiary/aromatic N) is 2. The number of rotatable bonds is 5. The maximum atomic E-state index is 4.31. The molecule has 0 spiro atoms. The first-order valence-electron chi connectivity index (χ1n) is 7.78. The van der Waals surface area contributed by atoms with Crippen LogP contribution in [-0.4, -0.2) is 24.1 Å². The van der Waals surface area contributed by atoms with E-state index >= 15 is 0 Å². The van der Waals surface area contributed by atoms with Gasteiger partial charge in [0.2, 0.25) is 0 Å². The van der Waals surface area contributed by atoms with E-state index in [1.165, 1.54) is 56.4 Å². The van der Waals surface area contributed by atoms with Crippen molar-refractivity contribution in [3.8, 4) is 0 Å². The van der Waals surface area contributed by atoms with Gasteiger partial charge < -0.3 is 10.2 Å². The van der Waals surface area contributed by atoms with Crippen molar-refractivity contribution >= 4 is 5.69 Å². The fourth-order valence-electron chi connectivity index (χ4n) is 3.02. The zero-order valence-corrected chi connectivity index (χ0v) is 11.9. The van der Waals surface area contributed by atoms with Gasteiger partial charge in [-0.2, -0.15) is 0 Å². The van der Waals surface area contributed by atoms with Gasteiger partial charge in [0, 0.05) is 49.3 Å². The molecule has 1 aromatic rings. The molecule has 3 heteroatoms. The molecular weight excluding hydrogens is 234 g/mol. The Kier molecular flexibility index (Phi) is 4.02. The number of piperidine rings is 1. The molecule has 0 aromatic carbocycles. The van der Waals surface area contributed by atoms with E-state index in [1.807, 2.05) is 12.4 Å². The third kappa shape index (κ3) is 3.27. The summed E-state index contributed by atoms with van der Waals surface area (Å²) < 4.78 is 0. The van der Waals surface area contributed by atoms with Gasteiger partial charge in [-0.15, -0.1) is 0 Å². The van der Waals surface area contributed by atoms with Crippen molar-refractivity contribution in [3.05, 3.63) is 24.0 Å². The van der Waals surface area contributed by atoms with Crippen LogP contribution in [0.3, 0.4) is 0 Å². The molecule has 1 saturated carbocycles. The zero-order chi connectivity index (χ0) is 13.1. The topological polar surface area (TPSA) is 28.2 Å². The summed E-state index contributed by atoms with van der Waals surface area (Å²) >= 11 is 0. The fourth-order valence-corrected chi connectivity index (χ4v) is 3.02. The normalized spacial score (nSPS) is 23.6. The standard InChI is InChI=1S/C16H25N3/c1-2-13-4-3-9-19(12-13)16-7-8-17-10-14(16)11-18-15-5-6-15/h7-8,10,13,15,18H,2-6,9,11-12H2,1H3. The van der Waals surface area contributed by atoms with Gasteiger partial charge in [-0.3, -0.25) is 4.98 Å². The monoisotopic (exact) mass is 259 g/mol. The molecule has 0 amide bonds. The van der Waals surface area contributed by atoms with Gasteiger partial charge in [0.25, 0.3) is 0 Å². The molecule has 0 bridgehead atoms. The Morgan fingerprint density at radius 1 is 1.37 bits per heavy atom. The molecule has 1 aromatic heterocycles. The zero-order valence-electron chi connectivity index (χ0n) is 11.9. The molecule has 2 aliphatic rings. The first-order chi connectivity index (χ1) is 9.36. The molecule has 1 aliphatic carbocycles. The summed E-state index contributed by atoms with van der Waals surface area (Å²) in [7, 11) is 0. The van der Waals surface area contributed by atoms with Crippen molar-refractivity contribution < 1.29 is 0 Å². The lowest BCUT2D eigenvalue weighted by Gasteiger charge is -2.35. The lowest BCUT2D eigenvalue weighted by Crippen LogP contribution is -2.36. The molecule has 0 radical (unpaired) electrons. The van der Waals surface area contributed by atoms with E-state index in [0.717, 1.165) is 18.5 Å². The van der Waals surface area contributed by atoms with Crippen molar-refractivity contribution in [2.24, 2.45) is 5.92 Å². The summed E-state index contributed by atoms with van der Waals surface area (Å²) in [6.45, 7) is 5.71. The van der Waals surface area contributed by atoms with Gasteiger partial charge >= 0.3 is 0 Å². The van der Waals surface area contributed by atoms with Crippen molar-refractivity contribution in [3.63, 3.8) is 0 Å². The molecule has 19 heavy (non-hydrogen) atoms. The van der Waals surface area contributed by atoms with Crippen LogP contribution < -0.4 is 10.2 Å². The summed E-state index contributed by atoms with van der Waals surface area (Å²) in [6, 6.07) is 2.96. The Hall–Kier alpha value is -1.09. The van der Waals surface area contributed by atoms with E-state index in [-0.39, 0.29) is 0 Å². The number of aromatic nitrogens is 1. The summed E-state index contributed by atoms with van der Waals surface area (Å²) in [5, 5.41) is 3.61. The molecule has 1 unspecified atom stereocenters. The van der Waals surface area contributed by atoms with Crippen LogP contribution in [-0.2, 0) is 6.54 Å². The summed E-state index contributed by atoms with van der Waals surface area (Å²) in [5.74, 6) is 0.867. The number of anilines is 1. The second kappa shape index (κ2) is 5.91. The number of hydrogen-bond donors (Lipinski definition) is 1. The minimum Gasteiger partial charge on any atom is -0.371 e. The van der Waals surface area contributed by atoms with E-state index in [2.05, 4.69) is 28.2 Å². The fraction of sp³-hybridized carbons (Fsp3) is 0.688. The molecule has 2 fully saturated rings. The Labute approximate surface area is 116 Å². The van der Waals surface area contributed by atoms with Gasteiger partial charge in [-0.25, -0.2) is 0 Å². The van der Waals surface area contributed by atoms with Crippen LogP contribution in [0.5, 0.6) is 0 Å². The van der Waals surface area contributed by atoms with E-state index in [9.17, 15) is 0 Å². The second-order valence-corrected chi connectivity index (χ2v) is 6.02. The summed E-state index contributed by atoms with van der Waals surface area (Å²) in [5.41, 5.74) is 2.77. The summed E-state index contributed by atoms with van der Waals surface area (Å²) in [6.07, 6.45) is 10.7. The second-order valence-electron chi connectivity index (χ2n) is 6.02. The molecular formula is C16H25N3. The minimum atomic E-state index is 0.762. The van der Waals surface area contributed by atoms with Crippen molar-refractivity contribution in [2.45, 2.75) is 51.6 Å². The number of pyridine rings is 1. The van der Waals surface area contributed by atoms with Crippen LogP contribution in [0.25, 0.3) is 0 Å². The minimum absolute atomic E-state index is 0.762. The van der Waals surface area contributed by atoms with Gasteiger partial charge in [0.05, 0.1) is 0 Å². The lowest BCUT2D eigenvalue weighted by atomic mass is 9.95. The van der Waals surface area contributed by atoms with Crippen LogP contribution in [0.1, 0.15) is 44.6 Å². The predicted molar refractivity (Wildman–Crippen MR) is 79.3 cm³/mol. The first kappa shape index (κ1) is 12.9.